The smallest absolute Gasteiger partial charge is 0.326 e. The molecule has 0 spiro atoms. The highest BCUT2D eigenvalue weighted by Gasteiger charge is 2.32. The molecule has 15 heteroatoms. The molecule has 0 aliphatic rings. The molecule has 2 aromatic heterocycles. The second-order valence-electron chi connectivity index (χ2n) is 8.92. The number of carbonyl (C=O) groups excluding carboxylic acids is 3. The Hall–Kier alpha value is -4.27. The Morgan fingerprint density at radius 3 is 1.78 bits per heavy atom. The molecule has 9 N–H and O–H groups in total. The number of aliphatic carboxylic acids is 2. The van der Waals surface area contributed by atoms with E-state index in [1.807, 2.05) is 13.8 Å². The maximum atomic E-state index is 13.1. The van der Waals surface area contributed by atoms with Crippen LogP contribution in [0.2, 0.25) is 0 Å². The fourth-order valence-corrected chi connectivity index (χ4v) is 3.46. The van der Waals surface area contributed by atoms with E-state index in [1.165, 1.54) is 25.0 Å². The van der Waals surface area contributed by atoms with Gasteiger partial charge in [-0.1, -0.05) is 13.8 Å². The van der Waals surface area contributed by atoms with Crippen LogP contribution in [0.25, 0.3) is 0 Å². The van der Waals surface area contributed by atoms with Crippen molar-refractivity contribution in [2.24, 2.45) is 11.7 Å². The fraction of sp³-hybridized carbons (Fsp3) is 0.500. The first kappa shape index (κ1) is 29.0. The van der Waals surface area contributed by atoms with Gasteiger partial charge >= 0.3 is 11.9 Å². The number of hydrogen-bond donors (Lipinski definition) is 8. The molecule has 0 aliphatic heterocycles. The lowest BCUT2D eigenvalue weighted by atomic mass is 10.0. The molecule has 15 nitrogen and oxygen atoms in total. The van der Waals surface area contributed by atoms with Crippen LogP contribution in [0.4, 0.5) is 0 Å². The number of rotatable bonds is 15. The Kier molecular flexibility index (Phi) is 10.7. The molecule has 2 rings (SSSR count). The second kappa shape index (κ2) is 13.7. The third-order valence-electron chi connectivity index (χ3n) is 5.28. The van der Waals surface area contributed by atoms with Crippen molar-refractivity contribution in [3.63, 3.8) is 0 Å². The Balaban J connectivity index is 2.19. The number of nitrogens with one attached hydrogen (secondary N) is 5. The van der Waals surface area contributed by atoms with Crippen molar-refractivity contribution in [2.45, 2.75) is 63.7 Å². The van der Waals surface area contributed by atoms with Crippen LogP contribution in [0.1, 0.15) is 38.1 Å². The molecule has 0 saturated heterocycles. The number of carboxylic acid groups (broad SMARTS) is 2. The number of nitrogens with two attached hydrogens (primary N) is 1. The first-order chi connectivity index (χ1) is 17.5. The van der Waals surface area contributed by atoms with Crippen LogP contribution in [0.15, 0.2) is 25.0 Å². The standard InChI is InChI=1S/C22H32N8O7/c1-11(2)3-14(23)19(33)28-16(6-18(31)32)21(35)29-15(4-12-7-24-9-26-12)20(34)30-17(22(36)37)5-13-8-25-10-27-13/h7-11,14-17H,3-6,23H2,1-2H3,(H,24,26)(H,25,27)(H,28,33)(H,29,35)(H,30,34)(H,31,32)(H,36,37). The first-order valence-electron chi connectivity index (χ1n) is 11.5. The first-order valence-corrected chi connectivity index (χ1v) is 11.5. The highest BCUT2D eigenvalue weighted by atomic mass is 16.4. The summed E-state index contributed by atoms with van der Waals surface area (Å²) >= 11 is 0. The van der Waals surface area contributed by atoms with E-state index < -0.39 is 60.2 Å². The van der Waals surface area contributed by atoms with Crippen LogP contribution in [-0.2, 0) is 36.8 Å². The summed E-state index contributed by atoms with van der Waals surface area (Å²) in [6, 6.07) is -5.17. The Morgan fingerprint density at radius 2 is 1.32 bits per heavy atom. The van der Waals surface area contributed by atoms with E-state index in [0.29, 0.717) is 17.8 Å². The van der Waals surface area contributed by atoms with Crippen LogP contribution in [-0.4, -0.2) is 84.0 Å². The summed E-state index contributed by atoms with van der Waals surface area (Å²) in [4.78, 5) is 74.8. The molecule has 4 unspecified atom stereocenters. The molecule has 0 aromatic carbocycles. The summed E-state index contributed by atoms with van der Waals surface area (Å²) in [6.45, 7) is 3.70. The molecule has 0 bridgehead atoms. The fourth-order valence-electron chi connectivity index (χ4n) is 3.46. The monoisotopic (exact) mass is 520 g/mol. The zero-order valence-electron chi connectivity index (χ0n) is 20.4. The van der Waals surface area contributed by atoms with E-state index in [-0.39, 0.29) is 18.8 Å². The number of imidazole rings is 2. The number of H-pyrrole nitrogens is 2. The van der Waals surface area contributed by atoms with E-state index in [4.69, 9.17) is 5.73 Å². The largest absolute Gasteiger partial charge is 0.481 e. The van der Waals surface area contributed by atoms with Gasteiger partial charge < -0.3 is 41.9 Å². The van der Waals surface area contributed by atoms with E-state index in [2.05, 4.69) is 35.9 Å². The molecule has 2 heterocycles. The zero-order valence-corrected chi connectivity index (χ0v) is 20.4. The predicted molar refractivity (Wildman–Crippen MR) is 128 cm³/mol. The highest BCUT2D eigenvalue weighted by molar-refractivity contribution is 5.95. The van der Waals surface area contributed by atoms with Crippen molar-refractivity contribution in [2.75, 3.05) is 0 Å². The maximum Gasteiger partial charge on any atom is 0.326 e. The van der Waals surface area contributed by atoms with E-state index >= 15 is 0 Å². The summed E-state index contributed by atoms with van der Waals surface area (Å²) in [7, 11) is 0. The normalized spacial score (nSPS) is 14.3. The minimum atomic E-state index is -1.53. The van der Waals surface area contributed by atoms with Gasteiger partial charge in [-0.15, -0.1) is 0 Å². The van der Waals surface area contributed by atoms with Gasteiger partial charge in [-0.25, -0.2) is 14.8 Å². The summed E-state index contributed by atoms with van der Waals surface area (Å²) in [5.74, 6) is -5.10. The highest BCUT2D eigenvalue weighted by Crippen LogP contribution is 2.06. The molecule has 37 heavy (non-hydrogen) atoms. The van der Waals surface area contributed by atoms with Crippen molar-refractivity contribution in [1.29, 1.82) is 0 Å². The van der Waals surface area contributed by atoms with Crippen LogP contribution < -0.4 is 21.7 Å². The SMILES string of the molecule is CC(C)CC(N)C(=O)NC(CC(=O)O)C(=O)NC(Cc1cnc[nH]1)C(=O)NC(Cc1cnc[nH]1)C(=O)O. The van der Waals surface area contributed by atoms with E-state index in [1.54, 1.807) is 0 Å². The predicted octanol–water partition coefficient (Wildman–Crippen LogP) is -1.69. The lowest BCUT2D eigenvalue weighted by Crippen LogP contribution is -2.58. The molecule has 4 atom stereocenters. The number of aromatic nitrogens is 4. The van der Waals surface area contributed by atoms with Gasteiger partial charge in [-0.05, 0) is 12.3 Å². The number of amides is 3. The van der Waals surface area contributed by atoms with Crippen LogP contribution >= 0.6 is 0 Å². The minimum absolute atomic E-state index is 0.0823. The van der Waals surface area contributed by atoms with Gasteiger partial charge in [0.1, 0.15) is 18.1 Å². The molecule has 3 amide bonds. The average molecular weight is 521 g/mol. The molecular weight excluding hydrogens is 488 g/mol. The minimum Gasteiger partial charge on any atom is -0.481 e. The van der Waals surface area contributed by atoms with Crippen LogP contribution in [0.5, 0.6) is 0 Å². The zero-order chi connectivity index (χ0) is 27.5. The molecule has 0 fully saturated rings. The molecular formula is C22H32N8O7. The van der Waals surface area contributed by atoms with Crippen molar-refractivity contribution < 1.29 is 34.2 Å². The van der Waals surface area contributed by atoms with Gasteiger partial charge in [0.15, 0.2) is 0 Å². The second-order valence-corrected chi connectivity index (χ2v) is 8.92. The van der Waals surface area contributed by atoms with Gasteiger partial charge in [0, 0.05) is 36.6 Å². The molecule has 0 radical (unpaired) electrons. The third-order valence-corrected chi connectivity index (χ3v) is 5.28. The lowest BCUT2D eigenvalue weighted by molar-refractivity contribution is -0.143. The van der Waals surface area contributed by atoms with Crippen molar-refractivity contribution in [1.82, 2.24) is 35.9 Å². The molecule has 2 aromatic rings. The molecule has 0 saturated carbocycles. The Bertz CT molecular complexity index is 1060. The quantitative estimate of drug-likeness (QED) is 0.132. The number of carbonyl (C=O) groups is 5. The van der Waals surface area contributed by atoms with Crippen molar-refractivity contribution >= 4 is 29.7 Å². The Labute approximate surface area is 212 Å². The van der Waals surface area contributed by atoms with E-state index in [9.17, 15) is 34.2 Å². The van der Waals surface area contributed by atoms with Crippen molar-refractivity contribution in [3.05, 3.63) is 36.4 Å². The number of carboxylic acids is 2. The van der Waals surface area contributed by atoms with E-state index in [0.717, 1.165) is 0 Å². The van der Waals surface area contributed by atoms with Crippen LogP contribution in [0, 0.1) is 5.92 Å². The van der Waals surface area contributed by atoms with Gasteiger partial charge in [-0.2, -0.15) is 0 Å². The Morgan fingerprint density at radius 1 is 0.838 bits per heavy atom. The van der Waals surface area contributed by atoms with Crippen molar-refractivity contribution in [3.8, 4) is 0 Å². The topological polar surface area (TPSA) is 245 Å². The molecule has 202 valence electrons. The number of hydrogen-bond acceptors (Lipinski definition) is 8. The summed E-state index contributed by atoms with van der Waals surface area (Å²) < 4.78 is 0. The van der Waals surface area contributed by atoms with Gasteiger partial charge in [0.2, 0.25) is 17.7 Å². The van der Waals surface area contributed by atoms with Gasteiger partial charge in [0.05, 0.1) is 25.1 Å². The maximum absolute atomic E-state index is 13.1. The van der Waals surface area contributed by atoms with Gasteiger partial charge in [-0.3, -0.25) is 19.2 Å². The summed E-state index contributed by atoms with van der Waals surface area (Å²) in [6.07, 6.45) is 4.87. The molecule has 0 aliphatic carbocycles. The summed E-state index contributed by atoms with van der Waals surface area (Å²) in [5.41, 5.74) is 6.75. The lowest BCUT2D eigenvalue weighted by Gasteiger charge is -2.24. The number of aromatic amines is 2. The average Bonchev–Trinajstić information content (AvgIpc) is 3.51. The number of nitrogens with zero attached hydrogens (tertiary/aromatic N) is 2. The van der Waals surface area contributed by atoms with Gasteiger partial charge in [0.25, 0.3) is 0 Å². The third kappa shape index (κ3) is 9.71. The summed E-state index contributed by atoms with van der Waals surface area (Å²) in [5, 5.41) is 25.9. The van der Waals surface area contributed by atoms with Crippen LogP contribution in [0.3, 0.4) is 0 Å².